The minimum atomic E-state index is -0.826. The SMILES string of the molecule is C#Cc1c(F)c(C)cc(OC)c1F. The average molecular weight is 182 g/mol. The van der Waals surface area contributed by atoms with Gasteiger partial charge in [0.1, 0.15) is 5.82 Å². The van der Waals surface area contributed by atoms with E-state index in [9.17, 15) is 8.78 Å². The van der Waals surface area contributed by atoms with Crippen molar-refractivity contribution in [3.8, 4) is 18.1 Å². The third-order valence-corrected chi connectivity index (χ3v) is 1.71. The van der Waals surface area contributed by atoms with Crippen LogP contribution in [0.2, 0.25) is 0 Å². The first-order valence-corrected chi connectivity index (χ1v) is 3.61. The fourth-order valence-corrected chi connectivity index (χ4v) is 1.02. The molecule has 0 aliphatic rings. The Bertz CT molecular complexity index is 377. The van der Waals surface area contributed by atoms with Crippen molar-refractivity contribution in [1.82, 2.24) is 0 Å². The Morgan fingerprint density at radius 1 is 1.38 bits per heavy atom. The van der Waals surface area contributed by atoms with Gasteiger partial charge in [0.05, 0.1) is 12.7 Å². The van der Waals surface area contributed by atoms with E-state index in [2.05, 4.69) is 4.74 Å². The molecule has 0 saturated heterocycles. The van der Waals surface area contributed by atoms with Gasteiger partial charge in [0.25, 0.3) is 0 Å². The van der Waals surface area contributed by atoms with Crippen molar-refractivity contribution in [1.29, 1.82) is 0 Å². The van der Waals surface area contributed by atoms with Crippen LogP contribution in [-0.2, 0) is 0 Å². The molecule has 0 atom stereocenters. The summed E-state index contributed by atoms with van der Waals surface area (Å²) in [5.74, 6) is 0.380. The minimum absolute atomic E-state index is 0.0353. The number of benzene rings is 1. The van der Waals surface area contributed by atoms with E-state index >= 15 is 0 Å². The van der Waals surface area contributed by atoms with Crippen molar-refractivity contribution in [2.45, 2.75) is 6.92 Å². The predicted octanol–water partition coefficient (Wildman–Crippen LogP) is 2.26. The summed E-state index contributed by atoms with van der Waals surface area (Å²) in [5, 5.41) is 0. The Morgan fingerprint density at radius 3 is 2.46 bits per heavy atom. The zero-order chi connectivity index (χ0) is 10.0. The van der Waals surface area contributed by atoms with Gasteiger partial charge in [0.2, 0.25) is 0 Å². The lowest BCUT2D eigenvalue weighted by atomic mass is 10.1. The number of ether oxygens (including phenoxy) is 1. The lowest BCUT2D eigenvalue weighted by Crippen LogP contribution is -1.98. The quantitative estimate of drug-likeness (QED) is 0.605. The maximum absolute atomic E-state index is 13.2. The van der Waals surface area contributed by atoms with Crippen LogP contribution in [0.5, 0.6) is 5.75 Å². The largest absolute Gasteiger partial charge is 0.494 e. The summed E-state index contributed by atoms with van der Waals surface area (Å²) in [6.07, 6.45) is 4.96. The van der Waals surface area contributed by atoms with Gasteiger partial charge in [-0.05, 0) is 18.6 Å². The van der Waals surface area contributed by atoms with Crippen LogP contribution in [0.1, 0.15) is 11.1 Å². The molecule has 0 spiro atoms. The third kappa shape index (κ3) is 1.48. The van der Waals surface area contributed by atoms with Gasteiger partial charge in [-0.3, -0.25) is 0 Å². The summed E-state index contributed by atoms with van der Waals surface area (Å²) >= 11 is 0. The molecule has 1 rings (SSSR count). The van der Waals surface area contributed by atoms with E-state index in [1.54, 1.807) is 0 Å². The molecule has 0 N–H and O–H groups in total. The molecule has 0 unspecified atom stereocenters. The predicted molar refractivity (Wildman–Crippen MR) is 45.6 cm³/mol. The van der Waals surface area contributed by atoms with Gasteiger partial charge in [-0.25, -0.2) is 8.78 Å². The number of aryl methyl sites for hydroxylation is 1. The molecule has 3 heteroatoms. The molecule has 0 heterocycles. The molecule has 13 heavy (non-hydrogen) atoms. The molecule has 1 aromatic carbocycles. The third-order valence-electron chi connectivity index (χ3n) is 1.71. The minimum Gasteiger partial charge on any atom is -0.494 e. The molecule has 0 saturated carbocycles. The van der Waals surface area contributed by atoms with Gasteiger partial charge in [-0.2, -0.15) is 0 Å². The molecule has 1 aromatic rings. The van der Waals surface area contributed by atoms with Gasteiger partial charge in [0, 0.05) is 0 Å². The van der Waals surface area contributed by atoms with Crippen LogP contribution in [0.15, 0.2) is 6.07 Å². The highest BCUT2D eigenvalue weighted by atomic mass is 19.1. The molecule has 0 aromatic heterocycles. The topological polar surface area (TPSA) is 9.23 Å². The number of halogens is 2. The lowest BCUT2D eigenvalue weighted by molar-refractivity contribution is 0.382. The summed E-state index contributed by atoms with van der Waals surface area (Å²) in [4.78, 5) is 0. The van der Waals surface area contributed by atoms with Gasteiger partial charge in [0.15, 0.2) is 11.6 Å². The molecule has 0 fully saturated rings. The number of terminal acetylenes is 1. The van der Waals surface area contributed by atoms with E-state index in [1.807, 2.05) is 5.92 Å². The molecule has 68 valence electrons. The van der Waals surface area contributed by atoms with E-state index in [1.165, 1.54) is 20.1 Å². The second-order valence-corrected chi connectivity index (χ2v) is 2.54. The van der Waals surface area contributed by atoms with E-state index < -0.39 is 11.6 Å². The molecule has 0 aliphatic carbocycles. The molecule has 0 aliphatic heterocycles. The summed E-state index contributed by atoms with van der Waals surface area (Å²) in [7, 11) is 1.30. The van der Waals surface area contributed by atoms with Gasteiger partial charge in [-0.15, -0.1) is 6.42 Å². The molecular formula is C10H8F2O. The summed E-state index contributed by atoms with van der Waals surface area (Å²) in [6.45, 7) is 1.50. The first kappa shape index (κ1) is 9.53. The Kier molecular flexibility index (Phi) is 2.52. The molecule has 0 amide bonds. The van der Waals surface area contributed by atoms with Crippen LogP contribution in [0.25, 0.3) is 0 Å². The van der Waals surface area contributed by atoms with Crippen molar-refractivity contribution >= 4 is 0 Å². The first-order valence-electron chi connectivity index (χ1n) is 3.61. The van der Waals surface area contributed by atoms with E-state index in [0.29, 0.717) is 0 Å². The van der Waals surface area contributed by atoms with Gasteiger partial charge >= 0.3 is 0 Å². The van der Waals surface area contributed by atoms with E-state index in [-0.39, 0.29) is 16.9 Å². The average Bonchev–Trinajstić information content (AvgIpc) is 2.12. The van der Waals surface area contributed by atoms with Crippen LogP contribution >= 0.6 is 0 Å². The first-order chi connectivity index (χ1) is 6.11. The van der Waals surface area contributed by atoms with Crippen molar-refractivity contribution < 1.29 is 13.5 Å². The summed E-state index contributed by atoms with van der Waals surface area (Å²) < 4.78 is 31.0. The maximum atomic E-state index is 13.2. The fourth-order valence-electron chi connectivity index (χ4n) is 1.02. The highest BCUT2D eigenvalue weighted by Gasteiger charge is 2.14. The zero-order valence-electron chi connectivity index (χ0n) is 7.32. The number of methoxy groups -OCH3 is 1. The van der Waals surface area contributed by atoms with Crippen molar-refractivity contribution in [2.75, 3.05) is 7.11 Å². The number of rotatable bonds is 1. The van der Waals surface area contributed by atoms with Gasteiger partial charge < -0.3 is 4.74 Å². The van der Waals surface area contributed by atoms with Crippen LogP contribution in [-0.4, -0.2) is 7.11 Å². The number of hydrogen-bond acceptors (Lipinski definition) is 1. The molecule has 0 radical (unpaired) electrons. The highest BCUT2D eigenvalue weighted by molar-refractivity contribution is 5.45. The standard InChI is InChI=1S/C10H8F2O/c1-4-7-9(11)6(2)5-8(13-3)10(7)12/h1,5H,2-3H3. The van der Waals surface area contributed by atoms with Crippen LogP contribution < -0.4 is 4.74 Å². The van der Waals surface area contributed by atoms with Crippen LogP contribution in [0.3, 0.4) is 0 Å². The van der Waals surface area contributed by atoms with Crippen molar-refractivity contribution in [2.24, 2.45) is 0 Å². The second-order valence-electron chi connectivity index (χ2n) is 2.54. The lowest BCUT2D eigenvalue weighted by Gasteiger charge is -2.06. The Labute approximate surface area is 75.3 Å². The van der Waals surface area contributed by atoms with Crippen LogP contribution in [0, 0.1) is 30.9 Å². The Hall–Kier alpha value is -1.56. The smallest absolute Gasteiger partial charge is 0.183 e. The van der Waals surface area contributed by atoms with Gasteiger partial charge in [-0.1, -0.05) is 5.92 Å². The second kappa shape index (κ2) is 3.44. The zero-order valence-corrected chi connectivity index (χ0v) is 7.32. The Balaban J connectivity index is 3.50. The Morgan fingerprint density at radius 2 is 2.00 bits per heavy atom. The van der Waals surface area contributed by atoms with E-state index in [4.69, 9.17) is 6.42 Å². The maximum Gasteiger partial charge on any atom is 0.183 e. The summed E-state index contributed by atoms with van der Waals surface area (Å²) in [5.41, 5.74) is -0.108. The van der Waals surface area contributed by atoms with E-state index in [0.717, 1.165) is 0 Å². The molecule has 1 nitrogen and oxygen atoms in total. The molecule has 0 bridgehead atoms. The number of hydrogen-bond donors (Lipinski definition) is 0. The fraction of sp³-hybridized carbons (Fsp3) is 0.200. The summed E-state index contributed by atoms with van der Waals surface area (Å²) in [6, 6.07) is 1.27. The monoisotopic (exact) mass is 182 g/mol. The highest BCUT2D eigenvalue weighted by Crippen LogP contribution is 2.25. The normalized spacial score (nSPS) is 9.46. The van der Waals surface area contributed by atoms with Crippen molar-refractivity contribution in [3.05, 3.63) is 28.8 Å². The van der Waals surface area contributed by atoms with Crippen LogP contribution in [0.4, 0.5) is 8.78 Å². The molecular weight excluding hydrogens is 174 g/mol. The van der Waals surface area contributed by atoms with Crippen molar-refractivity contribution in [3.63, 3.8) is 0 Å².